The number of nitrogens with zero attached hydrogens (tertiary/aromatic N) is 4. The van der Waals surface area contributed by atoms with Gasteiger partial charge < -0.3 is 4.98 Å². The number of hydrogen-bond donors (Lipinski definition) is 1. The van der Waals surface area contributed by atoms with Gasteiger partial charge in [-0.2, -0.15) is 0 Å². The Hall–Kier alpha value is -3.78. The molecule has 0 fully saturated rings. The molecule has 0 aliphatic carbocycles. The topological polar surface area (TPSA) is 76.5 Å². The minimum absolute atomic E-state index is 0.178. The van der Waals surface area contributed by atoms with Crippen molar-refractivity contribution >= 4 is 22.5 Å². The number of fused-ring (bicyclic) bond motifs is 1. The molecule has 0 saturated heterocycles. The van der Waals surface area contributed by atoms with Crippen molar-refractivity contribution in [3.8, 4) is 0 Å². The van der Waals surface area contributed by atoms with E-state index in [2.05, 4.69) is 44.5 Å². The highest BCUT2D eigenvalue weighted by atomic mass is 32.2. The molecule has 3 aromatic carbocycles. The number of thioether (sulfide) groups is 1. The van der Waals surface area contributed by atoms with E-state index in [4.69, 9.17) is 0 Å². The van der Waals surface area contributed by atoms with E-state index in [-0.39, 0.29) is 11.4 Å². The fourth-order valence-electron chi connectivity index (χ4n) is 3.69. The average molecular weight is 458 g/mol. The molecule has 1 N–H and O–H groups in total. The van der Waals surface area contributed by atoms with Crippen LogP contribution >= 0.6 is 11.8 Å². The second-order valence-electron chi connectivity index (χ2n) is 7.68. The summed E-state index contributed by atoms with van der Waals surface area (Å²) in [6.07, 6.45) is 2.42. The highest BCUT2D eigenvalue weighted by molar-refractivity contribution is 7.98. The van der Waals surface area contributed by atoms with Gasteiger partial charge in [0.2, 0.25) is 0 Å². The molecule has 0 aliphatic heterocycles. The van der Waals surface area contributed by atoms with Crippen LogP contribution in [0.5, 0.6) is 0 Å². The van der Waals surface area contributed by atoms with E-state index in [1.807, 2.05) is 24.4 Å². The molecule has 0 bridgehead atoms. The van der Waals surface area contributed by atoms with Crippen LogP contribution in [0.15, 0.2) is 88.9 Å². The quantitative estimate of drug-likeness (QED) is 0.286. The highest BCUT2D eigenvalue weighted by Gasteiger charge is 2.08. The molecule has 6 nitrogen and oxygen atoms in total. The van der Waals surface area contributed by atoms with Gasteiger partial charge in [0.1, 0.15) is 5.82 Å². The van der Waals surface area contributed by atoms with Crippen molar-refractivity contribution in [2.24, 2.45) is 0 Å². The first-order valence-corrected chi connectivity index (χ1v) is 11.4. The number of aromatic nitrogens is 5. The van der Waals surface area contributed by atoms with Gasteiger partial charge >= 0.3 is 0 Å². The van der Waals surface area contributed by atoms with Crippen LogP contribution in [0.1, 0.15) is 22.5 Å². The normalized spacial score (nSPS) is 11.2. The Bertz CT molecular complexity index is 1460. The lowest BCUT2D eigenvalue weighted by Gasteiger charge is -2.07. The number of hydrogen-bond acceptors (Lipinski definition) is 5. The van der Waals surface area contributed by atoms with Gasteiger partial charge in [0.25, 0.3) is 5.56 Å². The lowest BCUT2D eigenvalue weighted by atomic mass is 10.0. The maximum atomic E-state index is 13.1. The lowest BCUT2D eigenvalue weighted by Crippen LogP contribution is -2.10. The third-order valence-corrected chi connectivity index (χ3v) is 6.13. The molecule has 0 spiro atoms. The zero-order valence-corrected chi connectivity index (χ0v) is 18.4. The van der Waals surface area contributed by atoms with Crippen molar-refractivity contribution in [3.05, 3.63) is 118 Å². The lowest BCUT2D eigenvalue weighted by molar-refractivity contribution is 0.621. The third kappa shape index (κ3) is 5.18. The van der Waals surface area contributed by atoms with E-state index in [0.717, 1.165) is 33.3 Å². The van der Waals surface area contributed by atoms with Gasteiger partial charge in [0, 0.05) is 24.4 Å². The maximum Gasteiger partial charge on any atom is 0.251 e. The number of benzene rings is 3. The molecule has 0 saturated carbocycles. The second kappa shape index (κ2) is 9.38. The summed E-state index contributed by atoms with van der Waals surface area (Å²) < 4.78 is 14.8. The Morgan fingerprint density at radius 2 is 1.79 bits per heavy atom. The van der Waals surface area contributed by atoms with Gasteiger partial charge in [0.05, 0.1) is 17.9 Å². The fraction of sp³-hybridized carbons (Fsp3) is 0.120. The predicted octanol–water partition coefficient (Wildman–Crippen LogP) is 4.59. The SMILES string of the molecule is O=c1cc(Cc2cccc3ccccc23)nc(SCc2cn(Cc3ccc(F)cc3)nn2)[nH]1. The maximum absolute atomic E-state index is 13.1. The fourth-order valence-corrected chi connectivity index (χ4v) is 4.46. The van der Waals surface area contributed by atoms with Crippen molar-refractivity contribution in [1.82, 2.24) is 25.0 Å². The smallest absolute Gasteiger partial charge is 0.251 e. The summed E-state index contributed by atoms with van der Waals surface area (Å²) in [6, 6.07) is 22.2. The zero-order chi connectivity index (χ0) is 22.6. The Morgan fingerprint density at radius 1 is 0.970 bits per heavy atom. The van der Waals surface area contributed by atoms with E-state index in [9.17, 15) is 9.18 Å². The Balaban J connectivity index is 1.28. The molecule has 0 atom stereocenters. The van der Waals surface area contributed by atoms with Crippen LogP contribution in [-0.2, 0) is 18.7 Å². The first-order valence-electron chi connectivity index (χ1n) is 10.5. The molecule has 0 aliphatic rings. The van der Waals surface area contributed by atoms with Crippen LogP contribution in [-0.4, -0.2) is 25.0 Å². The molecule has 5 aromatic rings. The van der Waals surface area contributed by atoms with Gasteiger partial charge in [0.15, 0.2) is 5.16 Å². The first-order chi connectivity index (χ1) is 16.1. The summed E-state index contributed by atoms with van der Waals surface area (Å²) in [6.45, 7) is 0.507. The van der Waals surface area contributed by atoms with Gasteiger partial charge in [-0.25, -0.2) is 14.1 Å². The van der Waals surface area contributed by atoms with Crippen molar-refractivity contribution < 1.29 is 4.39 Å². The van der Waals surface area contributed by atoms with Crippen LogP contribution in [0.3, 0.4) is 0 Å². The summed E-state index contributed by atoms with van der Waals surface area (Å²) >= 11 is 1.41. The molecule has 0 amide bonds. The third-order valence-electron chi connectivity index (χ3n) is 5.23. The predicted molar refractivity (Wildman–Crippen MR) is 127 cm³/mol. The molecule has 8 heteroatoms. The molecule has 5 rings (SSSR count). The van der Waals surface area contributed by atoms with Gasteiger partial charge in [-0.3, -0.25) is 4.79 Å². The van der Waals surface area contributed by atoms with E-state index in [0.29, 0.717) is 23.9 Å². The Kier molecular flexibility index (Phi) is 5.99. The van der Waals surface area contributed by atoms with Crippen LogP contribution in [0, 0.1) is 5.82 Å². The van der Waals surface area contributed by atoms with Crippen LogP contribution in [0.2, 0.25) is 0 Å². The summed E-state index contributed by atoms with van der Waals surface area (Å²) in [5.74, 6) is 0.253. The number of rotatable bonds is 7. The monoisotopic (exact) mass is 457 g/mol. The molecule has 0 radical (unpaired) electrons. The summed E-state index contributed by atoms with van der Waals surface area (Å²) in [4.78, 5) is 19.7. The van der Waals surface area contributed by atoms with Crippen molar-refractivity contribution in [3.63, 3.8) is 0 Å². The molecule has 2 aromatic heterocycles. The van der Waals surface area contributed by atoms with Crippen molar-refractivity contribution in [2.45, 2.75) is 23.9 Å². The van der Waals surface area contributed by atoms with Crippen LogP contribution < -0.4 is 5.56 Å². The first kappa shape index (κ1) is 21.1. The standard InChI is InChI=1S/C25H20FN5OS/c26-20-10-8-17(9-11-20)14-31-15-22(29-30-31)16-33-25-27-21(13-24(32)28-25)12-19-6-3-5-18-4-1-2-7-23(18)19/h1-11,13,15H,12,14,16H2,(H,27,28,32). The molecular formula is C25H20FN5OS. The minimum atomic E-state index is -0.265. The van der Waals surface area contributed by atoms with E-state index >= 15 is 0 Å². The average Bonchev–Trinajstić information content (AvgIpc) is 3.26. The zero-order valence-electron chi connectivity index (χ0n) is 17.6. The molecule has 0 unspecified atom stereocenters. The number of aromatic amines is 1. The molecular weight excluding hydrogens is 437 g/mol. The number of halogens is 1. The van der Waals surface area contributed by atoms with Gasteiger partial charge in [-0.1, -0.05) is 71.6 Å². The number of H-pyrrole nitrogens is 1. The second-order valence-corrected chi connectivity index (χ2v) is 8.64. The number of nitrogens with one attached hydrogen (secondary N) is 1. The van der Waals surface area contributed by atoms with E-state index in [1.165, 1.54) is 23.9 Å². The largest absolute Gasteiger partial charge is 0.301 e. The van der Waals surface area contributed by atoms with Crippen molar-refractivity contribution in [1.29, 1.82) is 0 Å². The van der Waals surface area contributed by atoms with Gasteiger partial charge in [-0.15, -0.1) is 5.10 Å². The van der Waals surface area contributed by atoms with E-state index in [1.54, 1.807) is 22.9 Å². The Labute approximate surface area is 193 Å². The molecule has 33 heavy (non-hydrogen) atoms. The summed E-state index contributed by atoms with van der Waals surface area (Å²) in [7, 11) is 0. The summed E-state index contributed by atoms with van der Waals surface area (Å²) in [5.41, 5.74) is 3.38. The highest BCUT2D eigenvalue weighted by Crippen LogP contribution is 2.22. The minimum Gasteiger partial charge on any atom is -0.301 e. The Morgan fingerprint density at radius 3 is 2.67 bits per heavy atom. The van der Waals surface area contributed by atoms with Gasteiger partial charge in [-0.05, 0) is 34.0 Å². The van der Waals surface area contributed by atoms with E-state index < -0.39 is 0 Å². The summed E-state index contributed by atoms with van der Waals surface area (Å²) in [5, 5.41) is 11.2. The van der Waals surface area contributed by atoms with Crippen molar-refractivity contribution in [2.75, 3.05) is 0 Å². The molecule has 2 heterocycles. The molecule has 164 valence electrons. The van der Waals surface area contributed by atoms with Crippen LogP contribution in [0.25, 0.3) is 10.8 Å². The van der Waals surface area contributed by atoms with Crippen LogP contribution in [0.4, 0.5) is 4.39 Å².